The monoisotopic (exact) mass is 322 g/mol. The maximum atomic E-state index is 11.6. The van der Waals surface area contributed by atoms with E-state index in [0.29, 0.717) is 18.7 Å². The minimum Gasteiger partial charge on any atom is -0.462 e. The van der Waals surface area contributed by atoms with Crippen LogP contribution in [0.25, 0.3) is 0 Å². The number of hydrogen-bond acceptors (Lipinski definition) is 5. The number of esters is 1. The van der Waals surface area contributed by atoms with Crippen molar-refractivity contribution in [3.8, 4) is 0 Å². The Bertz CT molecular complexity index is 520. The van der Waals surface area contributed by atoms with Crippen molar-refractivity contribution in [1.29, 1.82) is 0 Å². The van der Waals surface area contributed by atoms with Crippen LogP contribution in [0.4, 0.5) is 10.5 Å². The molecule has 0 fully saturated rings. The molecule has 0 bridgehead atoms. The van der Waals surface area contributed by atoms with E-state index in [4.69, 9.17) is 9.47 Å². The van der Waals surface area contributed by atoms with Gasteiger partial charge in [0.2, 0.25) is 0 Å². The van der Waals surface area contributed by atoms with Gasteiger partial charge in [-0.3, -0.25) is 0 Å². The second-order valence-corrected chi connectivity index (χ2v) is 6.23. The highest BCUT2D eigenvalue weighted by molar-refractivity contribution is 5.89. The molecule has 2 N–H and O–H groups in total. The van der Waals surface area contributed by atoms with E-state index < -0.39 is 11.7 Å². The predicted octanol–water partition coefficient (Wildman–Crippen LogP) is 3.19. The summed E-state index contributed by atoms with van der Waals surface area (Å²) in [6.07, 6.45) is -0.441. The Balaban J connectivity index is 2.44. The summed E-state index contributed by atoms with van der Waals surface area (Å²) >= 11 is 0. The van der Waals surface area contributed by atoms with Gasteiger partial charge in [-0.1, -0.05) is 0 Å². The zero-order valence-electron chi connectivity index (χ0n) is 14.4. The van der Waals surface area contributed by atoms with E-state index in [0.717, 1.165) is 5.69 Å². The minimum atomic E-state index is -0.510. The molecule has 0 aromatic heterocycles. The summed E-state index contributed by atoms with van der Waals surface area (Å²) in [6, 6.07) is 7.02. The molecular formula is C17H26N2O4. The van der Waals surface area contributed by atoms with Crippen LogP contribution >= 0.6 is 0 Å². The Hall–Kier alpha value is -2.24. The molecule has 6 heteroatoms. The first-order chi connectivity index (χ1) is 10.7. The van der Waals surface area contributed by atoms with Gasteiger partial charge < -0.3 is 20.1 Å². The fraction of sp³-hybridized carbons (Fsp3) is 0.529. The van der Waals surface area contributed by atoms with E-state index in [1.807, 2.05) is 27.7 Å². The second-order valence-electron chi connectivity index (χ2n) is 6.23. The summed E-state index contributed by atoms with van der Waals surface area (Å²) < 4.78 is 10.1. The standard InChI is InChI=1S/C17H26N2O4/c1-6-22-15(20)13-7-9-14(10-8-13)19-12(2)11-18-16(21)23-17(3,4)5/h7-10,12,19H,6,11H2,1-5H3,(H,18,21). The van der Waals surface area contributed by atoms with Crippen molar-refractivity contribution in [2.24, 2.45) is 0 Å². The lowest BCUT2D eigenvalue weighted by Gasteiger charge is -2.21. The first-order valence-corrected chi connectivity index (χ1v) is 7.72. The van der Waals surface area contributed by atoms with Gasteiger partial charge in [-0.25, -0.2) is 9.59 Å². The zero-order chi connectivity index (χ0) is 17.5. The molecule has 1 aromatic carbocycles. The molecule has 0 aliphatic heterocycles. The Labute approximate surface area is 137 Å². The first-order valence-electron chi connectivity index (χ1n) is 7.72. The summed E-state index contributed by atoms with van der Waals surface area (Å²) in [7, 11) is 0. The van der Waals surface area contributed by atoms with Gasteiger partial charge >= 0.3 is 12.1 Å². The van der Waals surface area contributed by atoms with Crippen molar-refractivity contribution in [2.75, 3.05) is 18.5 Å². The number of benzene rings is 1. The minimum absolute atomic E-state index is 0.0101. The van der Waals surface area contributed by atoms with Crippen LogP contribution in [-0.2, 0) is 9.47 Å². The molecule has 0 aliphatic rings. The van der Waals surface area contributed by atoms with E-state index in [1.165, 1.54) is 0 Å². The van der Waals surface area contributed by atoms with Gasteiger partial charge in [-0.2, -0.15) is 0 Å². The van der Waals surface area contributed by atoms with Crippen molar-refractivity contribution in [3.63, 3.8) is 0 Å². The van der Waals surface area contributed by atoms with Crippen molar-refractivity contribution in [1.82, 2.24) is 5.32 Å². The third-order valence-corrected chi connectivity index (χ3v) is 2.76. The summed E-state index contributed by atoms with van der Waals surface area (Å²) in [5.74, 6) is -0.335. The number of alkyl carbamates (subject to hydrolysis) is 1. The summed E-state index contributed by atoms with van der Waals surface area (Å²) in [5, 5.41) is 5.94. The van der Waals surface area contributed by atoms with Gasteiger partial charge in [-0.05, 0) is 58.9 Å². The van der Waals surface area contributed by atoms with Crippen molar-refractivity contribution in [2.45, 2.75) is 46.3 Å². The highest BCUT2D eigenvalue weighted by atomic mass is 16.6. The van der Waals surface area contributed by atoms with Crippen molar-refractivity contribution >= 4 is 17.7 Å². The summed E-state index contributed by atoms with van der Waals surface area (Å²) in [5.41, 5.74) is 0.859. The molecule has 0 aliphatic carbocycles. The predicted molar refractivity (Wildman–Crippen MR) is 89.7 cm³/mol. The first kappa shape index (κ1) is 18.8. The third-order valence-electron chi connectivity index (χ3n) is 2.76. The van der Waals surface area contributed by atoms with Crippen molar-refractivity contribution in [3.05, 3.63) is 29.8 Å². The van der Waals surface area contributed by atoms with E-state index in [1.54, 1.807) is 31.2 Å². The lowest BCUT2D eigenvalue weighted by molar-refractivity contribution is 0.0515. The number of ether oxygens (including phenoxy) is 2. The molecule has 1 unspecified atom stereocenters. The highest BCUT2D eigenvalue weighted by Gasteiger charge is 2.16. The molecule has 1 aromatic rings. The fourth-order valence-corrected chi connectivity index (χ4v) is 1.80. The molecule has 0 saturated heterocycles. The van der Waals surface area contributed by atoms with Crippen molar-refractivity contribution < 1.29 is 19.1 Å². The topological polar surface area (TPSA) is 76.7 Å². The highest BCUT2D eigenvalue weighted by Crippen LogP contribution is 2.12. The van der Waals surface area contributed by atoms with Crippen LogP contribution in [0.5, 0.6) is 0 Å². The number of amides is 1. The number of nitrogens with one attached hydrogen (secondary N) is 2. The SMILES string of the molecule is CCOC(=O)c1ccc(NC(C)CNC(=O)OC(C)(C)C)cc1. The fourth-order valence-electron chi connectivity index (χ4n) is 1.80. The van der Waals surface area contributed by atoms with Crippen LogP contribution in [0.15, 0.2) is 24.3 Å². The number of hydrogen-bond donors (Lipinski definition) is 2. The van der Waals surface area contributed by atoms with Gasteiger partial charge in [0.25, 0.3) is 0 Å². The molecule has 0 saturated carbocycles. The molecule has 1 atom stereocenters. The van der Waals surface area contributed by atoms with Crippen LogP contribution in [0.3, 0.4) is 0 Å². The van der Waals surface area contributed by atoms with Gasteiger partial charge in [-0.15, -0.1) is 0 Å². The molecule has 6 nitrogen and oxygen atoms in total. The van der Waals surface area contributed by atoms with Crippen LogP contribution in [0.1, 0.15) is 45.0 Å². The van der Waals surface area contributed by atoms with Crippen LogP contribution in [0, 0.1) is 0 Å². The zero-order valence-corrected chi connectivity index (χ0v) is 14.4. The molecule has 0 spiro atoms. The summed E-state index contributed by atoms with van der Waals surface area (Å²) in [6.45, 7) is 9.95. The van der Waals surface area contributed by atoms with E-state index in [9.17, 15) is 9.59 Å². The van der Waals surface area contributed by atoms with Gasteiger partial charge in [0.05, 0.1) is 12.2 Å². The number of carbonyl (C=O) groups is 2. The normalized spacial score (nSPS) is 12.2. The van der Waals surface area contributed by atoms with Crippen LogP contribution < -0.4 is 10.6 Å². The smallest absolute Gasteiger partial charge is 0.407 e. The lowest BCUT2D eigenvalue weighted by Crippen LogP contribution is -2.38. The maximum absolute atomic E-state index is 11.6. The van der Waals surface area contributed by atoms with E-state index in [-0.39, 0.29) is 12.0 Å². The van der Waals surface area contributed by atoms with E-state index in [2.05, 4.69) is 10.6 Å². The summed E-state index contributed by atoms with van der Waals surface area (Å²) in [4.78, 5) is 23.1. The number of anilines is 1. The largest absolute Gasteiger partial charge is 0.462 e. The molecule has 1 rings (SSSR count). The van der Waals surface area contributed by atoms with E-state index >= 15 is 0 Å². The average Bonchev–Trinajstić information content (AvgIpc) is 2.44. The second kappa shape index (κ2) is 8.41. The van der Waals surface area contributed by atoms with Crippen LogP contribution in [0.2, 0.25) is 0 Å². The average molecular weight is 322 g/mol. The molecule has 1 amide bonds. The lowest BCUT2D eigenvalue weighted by atomic mass is 10.2. The number of rotatable bonds is 6. The Kier molecular flexibility index (Phi) is 6.88. The molecule has 0 heterocycles. The Morgan fingerprint density at radius 2 is 1.78 bits per heavy atom. The third kappa shape index (κ3) is 7.54. The van der Waals surface area contributed by atoms with Gasteiger partial charge in [0.1, 0.15) is 5.60 Å². The van der Waals surface area contributed by atoms with Gasteiger partial charge in [0.15, 0.2) is 0 Å². The Morgan fingerprint density at radius 3 is 2.30 bits per heavy atom. The van der Waals surface area contributed by atoms with Crippen LogP contribution in [-0.4, -0.2) is 36.9 Å². The van der Waals surface area contributed by atoms with Gasteiger partial charge in [0, 0.05) is 18.3 Å². The number of carbonyl (C=O) groups excluding carboxylic acids is 2. The molecule has 0 radical (unpaired) electrons. The molecule has 128 valence electrons. The quantitative estimate of drug-likeness (QED) is 0.787. The molecule has 23 heavy (non-hydrogen) atoms. The Morgan fingerprint density at radius 1 is 1.17 bits per heavy atom. The maximum Gasteiger partial charge on any atom is 0.407 e. The molecular weight excluding hydrogens is 296 g/mol.